The summed E-state index contributed by atoms with van der Waals surface area (Å²) in [5.74, 6) is 0. The Balaban J connectivity index is 2.17. The molecule has 0 spiro atoms. The van der Waals surface area contributed by atoms with E-state index >= 15 is 0 Å². The Morgan fingerprint density at radius 3 is 2.82 bits per heavy atom. The van der Waals surface area contributed by atoms with Crippen molar-refractivity contribution in [1.29, 1.82) is 0 Å². The highest BCUT2D eigenvalue weighted by Crippen LogP contribution is 2.27. The summed E-state index contributed by atoms with van der Waals surface area (Å²) < 4.78 is 1.25. The summed E-state index contributed by atoms with van der Waals surface area (Å²) in [5.41, 5.74) is 7.97. The number of piperazine rings is 1. The van der Waals surface area contributed by atoms with Gasteiger partial charge < -0.3 is 10.6 Å². The van der Waals surface area contributed by atoms with Crippen LogP contribution in [0.3, 0.4) is 0 Å². The second-order valence-electron chi connectivity index (χ2n) is 4.70. The van der Waals surface area contributed by atoms with Gasteiger partial charge in [0.2, 0.25) is 0 Å². The van der Waals surface area contributed by atoms with Crippen LogP contribution in [0.2, 0.25) is 0 Å². The smallest absolute Gasteiger partial charge is 0.0504 e. The van der Waals surface area contributed by atoms with Crippen molar-refractivity contribution in [3.05, 3.63) is 21.8 Å². The molecule has 1 unspecified atom stereocenters. The molecule has 17 heavy (non-hydrogen) atoms. The largest absolute Gasteiger partial charge is 0.399 e. The van der Waals surface area contributed by atoms with Crippen LogP contribution in [0.15, 0.2) is 18.2 Å². The standard InChI is InChI=1S/C13H20IN3/c1-3-11-9-17(7-6-16(11)2)13-5-4-10(15)8-12(13)14/h4-5,8,11H,3,6-7,9,15H2,1-2H3. The Bertz CT molecular complexity index is 394. The van der Waals surface area contributed by atoms with Crippen molar-refractivity contribution in [3.63, 3.8) is 0 Å². The Hall–Kier alpha value is -0.490. The summed E-state index contributed by atoms with van der Waals surface area (Å²) in [6.45, 7) is 5.62. The van der Waals surface area contributed by atoms with Crippen LogP contribution in [0.25, 0.3) is 0 Å². The van der Waals surface area contributed by atoms with E-state index in [1.165, 1.54) is 15.7 Å². The van der Waals surface area contributed by atoms with Gasteiger partial charge in [0.1, 0.15) is 0 Å². The highest BCUT2D eigenvalue weighted by atomic mass is 127. The maximum atomic E-state index is 5.80. The van der Waals surface area contributed by atoms with E-state index in [0.717, 1.165) is 25.3 Å². The minimum atomic E-state index is 0.664. The Morgan fingerprint density at radius 2 is 2.18 bits per heavy atom. The first-order chi connectivity index (χ1) is 8.11. The molecule has 2 rings (SSSR count). The van der Waals surface area contributed by atoms with Crippen molar-refractivity contribution < 1.29 is 0 Å². The lowest BCUT2D eigenvalue weighted by Gasteiger charge is -2.40. The number of hydrogen-bond acceptors (Lipinski definition) is 3. The van der Waals surface area contributed by atoms with Gasteiger partial charge in [0, 0.05) is 34.9 Å². The van der Waals surface area contributed by atoms with Gasteiger partial charge in [-0.25, -0.2) is 0 Å². The number of nitrogens with two attached hydrogens (primary N) is 1. The molecular weight excluding hydrogens is 325 g/mol. The molecule has 0 aromatic heterocycles. The van der Waals surface area contributed by atoms with Gasteiger partial charge in [0.25, 0.3) is 0 Å². The van der Waals surface area contributed by atoms with Gasteiger partial charge in [0.15, 0.2) is 0 Å². The monoisotopic (exact) mass is 345 g/mol. The average molecular weight is 345 g/mol. The number of anilines is 2. The number of rotatable bonds is 2. The predicted octanol–water partition coefficient (Wildman–Crippen LogP) is 2.40. The zero-order chi connectivity index (χ0) is 12.4. The van der Waals surface area contributed by atoms with Crippen LogP contribution in [0.4, 0.5) is 11.4 Å². The number of likely N-dealkylation sites (N-methyl/N-ethyl adjacent to an activating group) is 1. The maximum absolute atomic E-state index is 5.80. The Labute approximate surface area is 117 Å². The van der Waals surface area contributed by atoms with Gasteiger partial charge in [-0.05, 0) is 54.3 Å². The molecule has 1 aromatic carbocycles. The average Bonchev–Trinajstić information content (AvgIpc) is 2.30. The molecule has 1 saturated heterocycles. The first-order valence-electron chi connectivity index (χ1n) is 6.12. The summed E-state index contributed by atoms with van der Waals surface area (Å²) in [4.78, 5) is 4.94. The third-order valence-corrected chi connectivity index (χ3v) is 4.42. The number of hydrogen-bond donors (Lipinski definition) is 1. The molecule has 4 heteroatoms. The summed E-state index contributed by atoms with van der Waals surface area (Å²) in [6, 6.07) is 6.86. The molecule has 0 amide bonds. The van der Waals surface area contributed by atoms with Crippen LogP contribution in [0.1, 0.15) is 13.3 Å². The fourth-order valence-corrected chi connectivity index (χ4v) is 3.27. The molecule has 0 bridgehead atoms. The van der Waals surface area contributed by atoms with Crippen LogP contribution in [0, 0.1) is 3.57 Å². The van der Waals surface area contributed by atoms with Crippen LogP contribution < -0.4 is 10.6 Å². The quantitative estimate of drug-likeness (QED) is 0.660. The van der Waals surface area contributed by atoms with Crippen LogP contribution in [-0.4, -0.2) is 37.6 Å². The normalized spacial score (nSPS) is 21.8. The predicted molar refractivity (Wildman–Crippen MR) is 82.5 cm³/mol. The minimum absolute atomic E-state index is 0.664. The topological polar surface area (TPSA) is 32.5 Å². The molecule has 1 aromatic rings. The SMILES string of the molecule is CCC1CN(c2ccc(N)cc2I)CCN1C. The molecule has 2 N–H and O–H groups in total. The zero-order valence-corrected chi connectivity index (χ0v) is 12.6. The molecular formula is C13H20IN3. The molecule has 1 heterocycles. The van der Waals surface area contributed by atoms with E-state index in [2.05, 4.69) is 58.5 Å². The van der Waals surface area contributed by atoms with Crippen molar-refractivity contribution >= 4 is 34.0 Å². The second-order valence-corrected chi connectivity index (χ2v) is 5.86. The van der Waals surface area contributed by atoms with E-state index < -0.39 is 0 Å². The molecule has 94 valence electrons. The lowest BCUT2D eigenvalue weighted by molar-refractivity contribution is 0.213. The maximum Gasteiger partial charge on any atom is 0.0504 e. The van der Waals surface area contributed by atoms with E-state index in [-0.39, 0.29) is 0 Å². The van der Waals surface area contributed by atoms with E-state index in [0.29, 0.717) is 6.04 Å². The van der Waals surface area contributed by atoms with Gasteiger partial charge in [-0.2, -0.15) is 0 Å². The molecule has 0 saturated carbocycles. The summed E-state index contributed by atoms with van der Waals surface area (Å²) in [7, 11) is 2.22. The van der Waals surface area contributed by atoms with Crippen molar-refractivity contribution in [2.24, 2.45) is 0 Å². The first-order valence-corrected chi connectivity index (χ1v) is 7.20. The number of halogens is 1. The summed E-state index contributed by atoms with van der Waals surface area (Å²) in [6.07, 6.45) is 1.21. The molecule has 1 aliphatic rings. The van der Waals surface area contributed by atoms with Crippen molar-refractivity contribution in [1.82, 2.24) is 4.90 Å². The van der Waals surface area contributed by atoms with Crippen molar-refractivity contribution in [3.8, 4) is 0 Å². The van der Waals surface area contributed by atoms with Gasteiger partial charge >= 0.3 is 0 Å². The summed E-state index contributed by atoms with van der Waals surface area (Å²) >= 11 is 2.38. The molecule has 0 aliphatic carbocycles. The fraction of sp³-hybridized carbons (Fsp3) is 0.538. The third-order valence-electron chi connectivity index (χ3n) is 3.56. The number of nitrogens with zero attached hydrogens (tertiary/aromatic N) is 2. The van der Waals surface area contributed by atoms with E-state index in [1.807, 2.05) is 6.07 Å². The fourth-order valence-electron chi connectivity index (χ4n) is 2.39. The lowest BCUT2D eigenvalue weighted by atomic mass is 10.1. The lowest BCUT2D eigenvalue weighted by Crippen LogP contribution is -2.51. The molecule has 1 atom stereocenters. The molecule has 0 radical (unpaired) electrons. The van der Waals surface area contributed by atoms with E-state index in [9.17, 15) is 0 Å². The molecule has 1 fully saturated rings. The van der Waals surface area contributed by atoms with Gasteiger partial charge in [-0.3, -0.25) is 4.90 Å². The van der Waals surface area contributed by atoms with Gasteiger partial charge in [-0.1, -0.05) is 6.92 Å². The first kappa shape index (κ1) is 13.0. The highest BCUT2D eigenvalue weighted by molar-refractivity contribution is 14.1. The van der Waals surface area contributed by atoms with Crippen LogP contribution >= 0.6 is 22.6 Å². The number of nitrogen functional groups attached to an aromatic ring is 1. The second kappa shape index (κ2) is 5.44. The molecule has 1 aliphatic heterocycles. The Morgan fingerprint density at radius 1 is 1.41 bits per heavy atom. The van der Waals surface area contributed by atoms with Crippen LogP contribution in [-0.2, 0) is 0 Å². The van der Waals surface area contributed by atoms with E-state index in [1.54, 1.807) is 0 Å². The van der Waals surface area contributed by atoms with Crippen LogP contribution in [0.5, 0.6) is 0 Å². The van der Waals surface area contributed by atoms with Crippen molar-refractivity contribution in [2.75, 3.05) is 37.3 Å². The molecule has 3 nitrogen and oxygen atoms in total. The van der Waals surface area contributed by atoms with Gasteiger partial charge in [0.05, 0.1) is 5.69 Å². The van der Waals surface area contributed by atoms with Crippen molar-refractivity contribution in [2.45, 2.75) is 19.4 Å². The van der Waals surface area contributed by atoms with Gasteiger partial charge in [-0.15, -0.1) is 0 Å². The van der Waals surface area contributed by atoms with E-state index in [4.69, 9.17) is 5.73 Å². The zero-order valence-electron chi connectivity index (χ0n) is 10.5. The third kappa shape index (κ3) is 2.85. The number of benzene rings is 1. The minimum Gasteiger partial charge on any atom is -0.399 e. The highest BCUT2D eigenvalue weighted by Gasteiger charge is 2.23. The Kier molecular flexibility index (Phi) is 4.14. The summed E-state index contributed by atoms with van der Waals surface area (Å²) in [5, 5.41) is 0.